The number of rotatable bonds is 3. The van der Waals surface area contributed by atoms with Crippen LogP contribution >= 0.6 is 0 Å². The Morgan fingerprint density at radius 1 is 0.477 bits per heavy atom. The number of fused-ring (bicyclic) bond motifs is 9. The van der Waals surface area contributed by atoms with Crippen molar-refractivity contribution in [2.45, 2.75) is 19.3 Å². The van der Waals surface area contributed by atoms with Crippen molar-refractivity contribution in [1.82, 2.24) is 4.57 Å². The van der Waals surface area contributed by atoms with E-state index in [0.717, 1.165) is 0 Å². The molecule has 1 aliphatic rings. The standard InChI is InChI=1S/C43H31N/c1-43(2)37-23-24-39-41(40(37)36-22-21-30-17-9-10-18-34(30)42(36)43)35-19-11-12-20-38(35)44(39)33-26-31(28-13-5-3-6-14-28)25-32(27-33)29-15-7-4-8-16-29/h3-27H,1-2H3. The van der Waals surface area contributed by atoms with Gasteiger partial charge in [-0.3, -0.25) is 0 Å². The molecular formula is C43H31N. The molecule has 0 bridgehead atoms. The molecule has 0 saturated carbocycles. The summed E-state index contributed by atoms with van der Waals surface area (Å²) in [5, 5.41) is 5.29. The van der Waals surface area contributed by atoms with E-state index >= 15 is 0 Å². The Morgan fingerprint density at radius 2 is 1.09 bits per heavy atom. The molecule has 0 spiro atoms. The smallest absolute Gasteiger partial charge is 0.0547 e. The second-order valence-corrected chi connectivity index (χ2v) is 12.6. The van der Waals surface area contributed by atoms with E-state index in [-0.39, 0.29) is 5.41 Å². The van der Waals surface area contributed by atoms with Gasteiger partial charge in [-0.1, -0.05) is 135 Å². The fourth-order valence-electron chi connectivity index (χ4n) is 7.76. The van der Waals surface area contributed by atoms with Gasteiger partial charge >= 0.3 is 0 Å². The summed E-state index contributed by atoms with van der Waals surface area (Å²) in [5.41, 5.74) is 14.0. The highest BCUT2D eigenvalue weighted by Crippen LogP contribution is 2.55. The maximum atomic E-state index is 2.48. The van der Waals surface area contributed by atoms with Crippen molar-refractivity contribution in [1.29, 1.82) is 0 Å². The van der Waals surface area contributed by atoms with Gasteiger partial charge in [0.1, 0.15) is 0 Å². The van der Waals surface area contributed by atoms with Crippen molar-refractivity contribution >= 4 is 32.6 Å². The van der Waals surface area contributed by atoms with Crippen LogP contribution in [0.5, 0.6) is 0 Å². The fraction of sp³-hybridized carbons (Fsp3) is 0.0698. The summed E-state index contributed by atoms with van der Waals surface area (Å²) in [5.74, 6) is 0. The summed E-state index contributed by atoms with van der Waals surface area (Å²) in [6.45, 7) is 4.79. The third-order valence-electron chi connectivity index (χ3n) is 9.73. The maximum absolute atomic E-state index is 2.48. The molecule has 1 nitrogen and oxygen atoms in total. The van der Waals surface area contributed by atoms with Gasteiger partial charge in [-0.25, -0.2) is 0 Å². The summed E-state index contributed by atoms with van der Waals surface area (Å²) in [4.78, 5) is 0. The lowest BCUT2D eigenvalue weighted by atomic mass is 9.80. The van der Waals surface area contributed by atoms with E-state index in [4.69, 9.17) is 0 Å². The Balaban J connectivity index is 1.39. The average molecular weight is 562 g/mol. The summed E-state index contributed by atoms with van der Waals surface area (Å²) < 4.78 is 2.48. The van der Waals surface area contributed by atoms with Gasteiger partial charge in [0, 0.05) is 21.9 Å². The van der Waals surface area contributed by atoms with Crippen molar-refractivity contribution in [2.75, 3.05) is 0 Å². The molecule has 1 heteroatoms. The van der Waals surface area contributed by atoms with Crippen LogP contribution < -0.4 is 0 Å². The molecule has 0 N–H and O–H groups in total. The minimum Gasteiger partial charge on any atom is -0.309 e. The number of benzene rings is 7. The SMILES string of the molecule is CC1(C)c2ccc3c(c2-c2ccc4ccccc4c21)c1ccccc1n3-c1cc(-c2ccccc2)cc(-c2ccccc2)c1. The topological polar surface area (TPSA) is 4.93 Å². The highest BCUT2D eigenvalue weighted by molar-refractivity contribution is 6.19. The third kappa shape index (κ3) is 3.53. The molecule has 0 unspecified atom stereocenters. The van der Waals surface area contributed by atoms with Gasteiger partial charge in [0.2, 0.25) is 0 Å². The normalized spacial score (nSPS) is 13.4. The van der Waals surface area contributed by atoms with Crippen molar-refractivity contribution < 1.29 is 0 Å². The number of aromatic nitrogens is 1. The van der Waals surface area contributed by atoms with Crippen molar-refractivity contribution in [3.8, 4) is 39.1 Å². The fourth-order valence-corrected chi connectivity index (χ4v) is 7.76. The largest absolute Gasteiger partial charge is 0.309 e. The minimum absolute atomic E-state index is 0.101. The van der Waals surface area contributed by atoms with Gasteiger partial charge in [-0.05, 0) is 85.6 Å². The number of hydrogen-bond acceptors (Lipinski definition) is 0. The van der Waals surface area contributed by atoms with Crippen LogP contribution in [0.2, 0.25) is 0 Å². The first-order valence-electron chi connectivity index (χ1n) is 15.5. The van der Waals surface area contributed by atoms with Gasteiger partial charge < -0.3 is 4.57 Å². The molecule has 0 saturated heterocycles. The van der Waals surface area contributed by atoms with Gasteiger partial charge in [0.05, 0.1) is 11.0 Å². The zero-order chi connectivity index (χ0) is 29.4. The highest BCUT2D eigenvalue weighted by Gasteiger charge is 2.38. The lowest BCUT2D eigenvalue weighted by Gasteiger charge is -2.23. The third-order valence-corrected chi connectivity index (χ3v) is 9.73. The summed E-state index contributed by atoms with van der Waals surface area (Å²) in [6.07, 6.45) is 0. The zero-order valence-corrected chi connectivity index (χ0v) is 24.9. The molecule has 0 fully saturated rings. The van der Waals surface area contributed by atoms with Crippen LogP contribution in [0.25, 0.3) is 71.6 Å². The Labute approximate surface area is 257 Å². The number of hydrogen-bond donors (Lipinski definition) is 0. The Kier molecular flexibility index (Phi) is 5.31. The molecule has 8 aromatic rings. The Bertz CT molecular complexity index is 2330. The monoisotopic (exact) mass is 561 g/mol. The van der Waals surface area contributed by atoms with Crippen LogP contribution in [0, 0.1) is 0 Å². The lowest BCUT2D eigenvalue weighted by Crippen LogP contribution is -2.15. The van der Waals surface area contributed by atoms with Crippen LogP contribution in [0.15, 0.2) is 152 Å². The van der Waals surface area contributed by atoms with E-state index in [2.05, 4.69) is 170 Å². The molecule has 0 atom stereocenters. The molecule has 1 aliphatic carbocycles. The van der Waals surface area contributed by atoms with Crippen LogP contribution in [0.1, 0.15) is 25.0 Å². The molecule has 44 heavy (non-hydrogen) atoms. The van der Waals surface area contributed by atoms with Crippen molar-refractivity contribution in [3.63, 3.8) is 0 Å². The first-order chi connectivity index (χ1) is 21.6. The van der Waals surface area contributed by atoms with E-state index in [9.17, 15) is 0 Å². The van der Waals surface area contributed by atoms with Gasteiger partial charge in [0.25, 0.3) is 0 Å². The minimum atomic E-state index is -0.101. The van der Waals surface area contributed by atoms with Gasteiger partial charge in [0.15, 0.2) is 0 Å². The molecule has 7 aromatic carbocycles. The molecular weight excluding hydrogens is 530 g/mol. The van der Waals surface area contributed by atoms with Crippen LogP contribution in [0.3, 0.4) is 0 Å². The summed E-state index contributed by atoms with van der Waals surface area (Å²) in [7, 11) is 0. The zero-order valence-electron chi connectivity index (χ0n) is 24.9. The first kappa shape index (κ1) is 25.1. The molecule has 0 aliphatic heterocycles. The van der Waals surface area contributed by atoms with Crippen LogP contribution in [-0.4, -0.2) is 4.57 Å². The van der Waals surface area contributed by atoms with Gasteiger partial charge in [-0.15, -0.1) is 0 Å². The van der Waals surface area contributed by atoms with Crippen molar-refractivity contribution in [2.24, 2.45) is 0 Å². The van der Waals surface area contributed by atoms with E-state index in [1.165, 1.54) is 82.8 Å². The predicted octanol–water partition coefficient (Wildman–Crippen LogP) is 11.6. The molecule has 1 heterocycles. The van der Waals surface area contributed by atoms with E-state index < -0.39 is 0 Å². The van der Waals surface area contributed by atoms with E-state index in [1.807, 2.05) is 0 Å². The summed E-state index contributed by atoms with van der Waals surface area (Å²) in [6, 6.07) is 55.7. The molecule has 0 radical (unpaired) electrons. The van der Waals surface area contributed by atoms with Crippen LogP contribution in [-0.2, 0) is 5.41 Å². The van der Waals surface area contributed by atoms with E-state index in [0.29, 0.717) is 0 Å². The number of nitrogens with zero attached hydrogens (tertiary/aromatic N) is 1. The Morgan fingerprint density at radius 3 is 1.80 bits per heavy atom. The molecule has 0 amide bonds. The average Bonchev–Trinajstić information content (AvgIpc) is 3.54. The van der Waals surface area contributed by atoms with Crippen LogP contribution in [0.4, 0.5) is 0 Å². The molecule has 208 valence electrons. The Hall–Kier alpha value is -5.40. The predicted molar refractivity (Wildman–Crippen MR) is 187 cm³/mol. The van der Waals surface area contributed by atoms with Crippen molar-refractivity contribution in [3.05, 3.63) is 163 Å². The molecule has 9 rings (SSSR count). The van der Waals surface area contributed by atoms with Gasteiger partial charge in [-0.2, -0.15) is 0 Å². The molecule has 1 aromatic heterocycles. The number of para-hydroxylation sites is 1. The summed E-state index contributed by atoms with van der Waals surface area (Å²) >= 11 is 0. The highest BCUT2D eigenvalue weighted by atomic mass is 15.0. The second kappa shape index (κ2) is 9.30. The first-order valence-corrected chi connectivity index (χ1v) is 15.5. The maximum Gasteiger partial charge on any atom is 0.0547 e. The quantitative estimate of drug-likeness (QED) is 0.202. The lowest BCUT2D eigenvalue weighted by molar-refractivity contribution is 0.666. The van der Waals surface area contributed by atoms with E-state index in [1.54, 1.807) is 0 Å². The second-order valence-electron chi connectivity index (χ2n) is 12.6.